The van der Waals surface area contributed by atoms with E-state index in [4.69, 9.17) is 9.98 Å². The summed E-state index contributed by atoms with van der Waals surface area (Å²) in [5.74, 6) is 0. The Morgan fingerprint density at radius 3 is 1.19 bits per heavy atom. The zero-order chi connectivity index (χ0) is 33.8. The number of rotatable bonds is 29. The zero-order valence-electron chi connectivity index (χ0n) is 32.1. The molecule has 0 saturated heterocycles. The van der Waals surface area contributed by atoms with E-state index in [1.807, 2.05) is 6.21 Å². The molecule has 0 aromatic heterocycles. The number of aliphatic imine (C=N–C) groups is 2. The van der Waals surface area contributed by atoms with Crippen LogP contribution in [-0.4, -0.2) is 11.9 Å². The van der Waals surface area contributed by atoms with Crippen LogP contribution in [0.15, 0.2) is 46.4 Å². The van der Waals surface area contributed by atoms with Crippen molar-refractivity contribution in [2.45, 2.75) is 202 Å². The molecule has 0 heterocycles. The van der Waals surface area contributed by atoms with Gasteiger partial charge in [-0.1, -0.05) is 175 Å². The minimum absolute atomic E-state index is 0. The summed E-state index contributed by atoms with van der Waals surface area (Å²) in [5, 5.41) is 0. The van der Waals surface area contributed by atoms with Crippen LogP contribution in [0.25, 0.3) is 0 Å². The van der Waals surface area contributed by atoms with Gasteiger partial charge in [-0.05, 0) is 85.0 Å². The Morgan fingerprint density at radius 2 is 0.792 bits per heavy atom. The van der Waals surface area contributed by atoms with E-state index in [1.54, 1.807) is 0 Å². The van der Waals surface area contributed by atoms with Crippen molar-refractivity contribution in [2.24, 2.45) is 9.98 Å². The molecule has 0 amide bonds. The third-order valence-corrected chi connectivity index (χ3v) is 10.1. The summed E-state index contributed by atoms with van der Waals surface area (Å²) in [6, 6.07) is 13.4. The SMILES string of the molecule is CCCCCCCCCCCCCCCCCCCCCCCC(/C=N/c1ccc(CC)c(CC)c1)=N\c1ccc(CC)c(CC)c1.[Pd]. The maximum Gasteiger partial charge on any atom is 0.0636 e. The van der Waals surface area contributed by atoms with E-state index in [9.17, 15) is 0 Å². The van der Waals surface area contributed by atoms with Crippen molar-refractivity contribution in [2.75, 3.05) is 0 Å². The standard InChI is InChI=1S/C45H74N2.Pd/c1-6-11-12-13-14-15-16-17-18-19-20-21-22-23-24-25-26-27-28-29-30-31-45(47-44-35-33-40(8-3)42(10-5)37-44)38-46-43-34-32-39(7-2)41(9-4)36-43;/h32-38H,6-31H2,1-5H3;/b46-38+,47-45+;. The fourth-order valence-corrected chi connectivity index (χ4v) is 6.92. The molecule has 48 heavy (non-hydrogen) atoms. The normalized spacial score (nSPS) is 11.8. The average molecular weight is 750 g/mol. The quantitative estimate of drug-likeness (QED) is 0.0450. The van der Waals surface area contributed by atoms with Crippen molar-refractivity contribution in [1.29, 1.82) is 0 Å². The van der Waals surface area contributed by atoms with Gasteiger partial charge in [-0.25, -0.2) is 0 Å². The Kier molecular flexibility index (Phi) is 28.1. The molecule has 0 saturated carbocycles. The van der Waals surface area contributed by atoms with Crippen molar-refractivity contribution in [3.05, 3.63) is 58.7 Å². The summed E-state index contributed by atoms with van der Waals surface area (Å²) in [4.78, 5) is 10.0. The zero-order valence-corrected chi connectivity index (χ0v) is 33.7. The van der Waals surface area contributed by atoms with Crippen LogP contribution in [0.2, 0.25) is 0 Å². The summed E-state index contributed by atoms with van der Waals surface area (Å²) in [6.07, 6.45) is 37.0. The number of hydrogen-bond donors (Lipinski definition) is 0. The van der Waals surface area contributed by atoms with Crippen LogP contribution in [0, 0.1) is 0 Å². The average Bonchev–Trinajstić information content (AvgIpc) is 3.10. The van der Waals surface area contributed by atoms with Crippen LogP contribution in [0.5, 0.6) is 0 Å². The first-order valence-electron chi connectivity index (χ1n) is 20.5. The molecule has 0 aliphatic heterocycles. The fraction of sp³-hybridized carbons (Fsp3) is 0.689. The van der Waals surface area contributed by atoms with Crippen molar-refractivity contribution in [3.8, 4) is 0 Å². The largest absolute Gasteiger partial charge is 0.255 e. The Labute approximate surface area is 312 Å². The number of hydrogen-bond acceptors (Lipinski definition) is 2. The molecule has 2 nitrogen and oxygen atoms in total. The molecule has 2 rings (SSSR count). The van der Waals surface area contributed by atoms with Crippen molar-refractivity contribution in [3.63, 3.8) is 0 Å². The predicted octanol–water partition coefficient (Wildman–Crippen LogP) is 15.0. The summed E-state index contributed by atoms with van der Waals surface area (Å²) >= 11 is 0. The number of unbranched alkanes of at least 4 members (excludes halogenated alkanes) is 20. The molecule has 2 aromatic rings. The number of benzene rings is 2. The maximum absolute atomic E-state index is 5.12. The van der Waals surface area contributed by atoms with Gasteiger partial charge in [0.1, 0.15) is 0 Å². The van der Waals surface area contributed by atoms with Gasteiger partial charge in [-0.3, -0.25) is 9.98 Å². The van der Waals surface area contributed by atoms with Gasteiger partial charge >= 0.3 is 0 Å². The number of nitrogens with zero attached hydrogens (tertiary/aromatic N) is 2. The van der Waals surface area contributed by atoms with Gasteiger partial charge in [-0.15, -0.1) is 0 Å². The van der Waals surface area contributed by atoms with Crippen molar-refractivity contribution < 1.29 is 20.4 Å². The molecular formula is C45H74N2Pd. The summed E-state index contributed by atoms with van der Waals surface area (Å²) in [7, 11) is 0. The van der Waals surface area contributed by atoms with Crippen molar-refractivity contribution >= 4 is 23.3 Å². The molecule has 0 N–H and O–H groups in total. The Balaban J connectivity index is 0.0000115. The van der Waals surface area contributed by atoms with E-state index < -0.39 is 0 Å². The first-order chi connectivity index (χ1) is 23.1. The first-order valence-corrected chi connectivity index (χ1v) is 20.5. The van der Waals surface area contributed by atoms with Crippen molar-refractivity contribution in [1.82, 2.24) is 0 Å². The van der Waals surface area contributed by atoms with Gasteiger partial charge in [0.15, 0.2) is 0 Å². The van der Waals surface area contributed by atoms with Crippen LogP contribution in [0.1, 0.15) is 198 Å². The predicted molar refractivity (Wildman–Crippen MR) is 213 cm³/mol. The second kappa shape index (κ2) is 30.3. The topological polar surface area (TPSA) is 24.7 Å². The molecule has 0 radical (unpaired) electrons. The van der Waals surface area contributed by atoms with Crippen LogP contribution >= 0.6 is 0 Å². The molecule has 0 atom stereocenters. The van der Waals surface area contributed by atoms with Gasteiger partial charge in [0, 0.05) is 26.6 Å². The Morgan fingerprint density at radius 1 is 0.438 bits per heavy atom. The Hall–Kier alpha value is -1.56. The van der Waals surface area contributed by atoms with Crippen LogP contribution in [0.3, 0.4) is 0 Å². The first kappa shape index (κ1) is 44.5. The van der Waals surface area contributed by atoms with E-state index in [2.05, 4.69) is 71.0 Å². The molecule has 274 valence electrons. The Bertz CT molecular complexity index is 1120. The third-order valence-electron chi connectivity index (χ3n) is 10.1. The van der Waals surface area contributed by atoms with Gasteiger partial charge in [0.25, 0.3) is 0 Å². The fourth-order valence-electron chi connectivity index (χ4n) is 6.92. The summed E-state index contributed by atoms with van der Waals surface area (Å²) < 4.78 is 0. The maximum atomic E-state index is 5.12. The van der Waals surface area contributed by atoms with Gasteiger partial charge in [0.05, 0.1) is 17.1 Å². The minimum Gasteiger partial charge on any atom is -0.255 e. The molecule has 0 unspecified atom stereocenters. The van der Waals surface area contributed by atoms with Crippen LogP contribution in [-0.2, 0) is 46.1 Å². The molecular weight excluding hydrogens is 675 g/mol. The van der Waals surface area contributed by atoms with E-state index >= 15 is 0 Å². The van der Waals surface area contributed by atoms with Crippen LogP contribution < -0.4 is 0 Å². The van der Waals surface area contributed by atoms with E-state index in [1.165, 1.54) is 157 Å². The molecule has 2 aromatic carbocycles. The second-order valence-corrected chi connectivity index (χ2v) is 14.0. The van der Waals surface area contributed by atoms with Gasteiger partial charge in [-0.2, -0.15) is 0 Å². The molecule has 0 fully saturated rings. The molecule has 0 aliphatic rings. The number of aryl methyl sites for hydroxylation is 4. The molecule has 3 heteroatoms. The summed E-state index contributed by atoms with van der Waals surface area (Å²) in [5.41, 5.74) is 8.92. The summed E-state index contributed by atoms with van der Waals surface area (Å²) in [6.45, 7) is 11.3. The molecule has 0 spiro atoms. The van der Waals surface area contributed by atoms with E-state index in [0.717, 1.165) is 49.2 Å². The minimum atomic E-state index is 0. The molecule has 0 bridgehead atoms. The molecule has 0 aliphatic carbocycles. The second-order valence-electron chi connectivity index (χ2n) is 14.0. The van der Waals surface area contributed by atoms with E-state index in [-0.39, 0.29) is 20.4 Å². The van der Waals surface area contributed by atoms with E-state index in [0.29, 0.717) is 0 Å². The monoisotopic (exact) mass is 748 g/mol. The third kappa shape index (κ3) is 20.2. The van der Waals surface area contributed by atoms with Crippen LogP contribution in [0.4, 0.5) is 11.4 Å². The van der Waals surface area contributed by atoms with Gasteiger partial charge in [0.2, 0.25) is 0 Å². The van der Waals surface area contributed by atoms with Gasteiger partial charge < -0.3 is 0 Å². The smallest absolute Gasteiger partial charge is 0.0636 e.